The molecule has 0 aromatic rings. The van der Waals surface area contributed by atoms with Gasteiger partial charge in [-0.1, -0.05) is 0 Å². The molecule has 1 N–H and O–H groups in total. The molecule has 0 unspecified atom stereocenters. The lowest BCUT2D eigenvalue weighted by molar-refractivity contribution is -0.132. The second kappa shape index (κ2) is 6.04. The number of rotatable bonds is 4. The van der Waals surface area contributed by atoms with Crippen LogP contribution < -0.4 is 5.32 Å². The van der Waals surface area contributed by atoms with Crippen molar-refractivity contribution in [2.24, 2.45) is 0 Å². The highest BCUT2D eigenvalue weighted by molar-refractivity contribution is 5.68. The standard InChI is InChI=1S/C12H21NO5/c1-11(2,3)18-10(15)13-12(8-17-9-14)4-6-16-7-5-12/h9H,4-8H2,1-3H3,(H,13,15). The molecule has 18 heavy (non-hydrogen) atoms. The molecular weight excluding hydrogens is 238 g/mol. The second-order valence-electron chi connectivity index (χ2n) is 5.43. The Morgan fingerprint density at radius 1 is 1.39 bits per heavy atom. The fourth-order valence-corrected chi connectivity index (χ4v) is 1.78. The van der Waals surface area contributed by atoms with Crippen LogP contribution in [0.2, 0.25) is 0 Å². The van der Waals surface area contributed by atoms with Gasteiger partial charge in [0, 0.05) is 13.2 Å². The Balaban J connectivity index is 2.60. The lowest BCUT2D eigenvalue weighted by Crippen LogP contribution is -2.56. The van der Waals surface area contributed by atoms with Crippen LogP contribution in [0.25, 0.3) is 0 Å². The Hall–Kier alpha value is -1.30. The van der Waals surface area contributed by atoms with E-state index in [1.165, 1.54) is 0 Å². The summed E-state index contributed by atoms with van der Waals surface area (Å²) in [4.78, 5) is 22.1. The summed E-state index contributed by atoms with van der Waals surface area (Å²) in [6, 6.07) is 0. The molecule has 1 amide bonds. The summed E-state index contributed by atoms with van der Waals surface area (Å²) in [5.74, 6) is 0. The molecule has 1 saturated heterocycles. The Morgan fingerprint density at radius 2 is 2.00 bits per heavy atom. The maximum Gasteiger partial charge on any atom is 0.408 e. The number of hydrogen-bond acceptors (Lipinski definition) is 5. The van der Waals surface area contributed by atoms with Crippen LogP contribution in [-0.4, -0.2) is 43.5 Å². The Kier molecular flexibility index (Phi) is 4.95. The molecule has 1 rings (SSSR count). The third-order valence-corrected chi connectivity index (χ3v) is 2.64. The maximum atomic E-state index is 11.8. The number of carbonyl (C=O) groups is 2. The monoisotopic (exact) mass is 259 g/mol. The molecule has 6 nitrogen and oxygen atoms in total. The van der Waals surface area contributed by atoms with Gasteiger partial charge < -0.3 is 19.5 Å². The van der Waals surface area contributed by atoms with Gasteiger partial charge >= 0.3 is 6.09 Å². The number of carbonyl (C=O) groups excluding carboxylic acids is 2. The van der Waals surface area contributed by atoms with E-state index in [-0.39, 0.29) is 6.61 Å². The van der Waals surface area contributed by atoms with Gasteiger partial charge in [0.1, 0.15) is 12.2 Å². The quantitative estimate of drug-likeness (QED) is 0.769. The van der Waals surface area contributed by atoms with Gasteiger partial charge in [-0.2, -0.15) is 0 Å². The predicted octanol–water partition coefficient (Wildman–Crippen LogP) is 1.23. The van der Waals surface area contributed by atoms with Gasteiger partial charge in [-0.15, -0.1) is 0 Å². The lowest BCUT2D eigenvalue weighted by Gasteiger charge is -2.37. The van der Waals surface area contributed by atoms with Gasteiger partial charge in [0.2, 0.25) is 0 Å². The van der Waals surface area contributed by atoms with Gasteiger partial charge in [-0.3, -0.25) is 4.79 Å². The third kappa shape index (κ3) is 4.91. The van der Waals surface area contributed by atoms with Crippen LogP contribution in [0.15, 0.2) is 0 Å². The number of hydrogen-bond donors (Lipinski definition) is 1. The minimum atomic E-state index is -0.582. The number of alkyl carbamates (subject to hydrolysis) is 1. The first-order chi connectivity index (χ1) is 8.37. The third-order valence-electron chi connectivity index (χ3n) is 2.64. The Labute approximate surface area is 107 Å². The van der Waals surface area contributed by atoms with Crippen molar-refractivity contribution in [3.05, 3.63) is 0 Å². The average molecular weight is 259 g/mol. The fraction of sp³-hybridized carbons (Fsp3) is 0.833. The summed E-state index contributed by atoms with van der Waals surface area (Å²) in [5.41, 5.74) is -1.14. The maximum absolute atomic E-state index is 11.8. The normalized spacial score (nSPS) is 18.8. The van der Waals surface area contributed by atoms with E-state index < -0.39 is 17.2 Å². The van der Waals surface area contributed by atoms with Gasteiger partial charge in [-0.05, 0) is 33.6 Å². The molecule has 1 fully saturated rings. The molecule has 0 aliphatic carbocycles. The van der Waals surface area contributed by atoms with Crippen molar-refractivity contribution in [3.8, 4) is 0 Å². The summed E-state index contributed by atoms with van der Waals surface area (Å²) < 4.78 is 15.3. The average Bonchev–Trinajstić information content (AvgIpc) is 2.25. The van der Waals surface area contributed by atoms with Crippen LogP contribution in [0.3, 0.4) is 0 Å². The van der Waals surface area contributed by atoms with E-state index in [4.69, 9.17) is 14.2 Å². The molecule has 0 spiro atoms. The summed E-state index contributed by atoms with van der Waals surface area (Å²) in [6.45, 7) is 6.96. The molecule has 104 valence electrons. The van der Waals surface area contributed by atoms with Gasteiger partial charge in [-0.25, -0.2) is 4.79 Å². The number of ether oxygens (including phenoxy) is 3. The highest BCUT2D eigenvalue weighted by atomic mass is 16.6. The number of amides is 1. The molecule has 0 aromatic heterocycles. The molecule has 0 saturated carbocycles. The summed E-state index contributed by atoms with van der Waals surface area (Å²) >= 11 is 0. The van der Waals surface area contributed by atoms with Gasteiger partial charge in [0.25, 0.3) is 6.47 Å². The molecule has 0 aromatic carbocycles. The van der Waals surface area contributed by atoms with E-state index in [1.807, 2.05) is 0 Å². The SMILES string of the molecule is CC(C)(C)OC(=O)NC1(COC=O)CCOCC1. The molecule has 0 atom stereocenters. The molecule has 6 heteroatoms. The molecule has 0 bridgehead atoms. The van der Waals surface area contributed by atoms with Crippen molar-refractivity contribution in [3.63, 3.8) is 0 Å². The first-order valence-electron chi connectivity index (χ1n) is 6.01. The van der Waals surface area contributed by atoms with Crippen molar-refractivity contribution in [2.45, 2.75) is 44.8 Å². The summed E-state index contributed by atoms with van der Waals surface area (Å²) in [5, 5.41) is 2.80. The van der Waals surface area contributed by atoms with E-state index in [9.17, 15) is 9.59 Å². The smallest absolute Gasteiger partial charge is 0.408 e. The zero-order chi connectivity index (χ0) is 13.6. The van der Waals surface area contributed by atoms with Crippen LogP contribution in [-0.2, 0) is 19.0 Å². The van der Waals surface area contributed by atoms with Gasteiger partial charge in [0.05, 0.1) is 5.54 Å². The van der Waals surface area contributed by atoms with Crippen LogP contribution in [0.1, 0.15) is 33.6 Å². The van der Waals surface area contributed by atoms with E-state index >= 15 is 0 Å². The van der Waals surface area contributed by atoms with Crippen LogP contribution in [0, 0.1) is 0 Å². The van der Waals surface area contributed by atoms with Crippen LogP contribution in [0.4, 0.5) is 4.79 Å². The van der Waals surface area contributed by atoms with Crippen molar-refractivity contribution in [1.29, 1.82) is 0 Å². The molecule has 1 aliphatic rings. The highest BCUT2D eigenvalue weighted by Crippen LogP contribution is 2.22. The summed E-state index contributed by atoms with van der Waals surface area (Å²) in [7, 11) is 0. The first-order valence-corrected chi connectivity index (χ1v) is 6.01. The molecule has 0 radical (unpaired) electrons. The second-order valence-corrected chi connectivity index (χ2v) is 5.43. The topological polar surface area (TPSA) is 73.9 Å². The van der Waals surface area contributed by atoms with E-state index in [0.29, 0.717) is 32.5 Å². The largest absolute Gasteiger partial charge is 0.465 e. The highest BCUT2D eigenvalue weighted by Gasteiger charge is 2.36. The van der Waals surface area contributed by atoms with Crippen molar-refractivity contribution in [1.82, 2.24) is 5.32 Å². The molecule has 1 heterocycles. The minimum absolute atomic E-state index is 0.138. The van der Waals surface area contributed by atoms with Crippen molar-refractivity contribution >= 4 is 12.6 Å². The van der Waals surface area contributed by atoms with Gasteiger partial charge in [0.15, 0.2) is 0 Å². The zero-order valence-electron chi connectivity index (χ0n) is 11.2. The van der Waals surface area contributed by atoms with E-state index in [0.717, 1.165) is 0 Å². The Bertz CT molecular complexity index is 291. The van der Waals surface area contributed by atoms with Crippen LogP contribution >= 0.6 is 0 Å². The minimum Gasteiger partial charge on any atom is -0.465 e. The summed E-state index contributed by atoms with van der Waals surface area (Å²) in [6.07, 6.45) is 0.694. The van der Waals surface area contributed by atoms with Crippen LogP contribution in [0.5, 0.6) is 0 Å². The first kappa shape index (κ1) is 14.8. The predicted molar refractivity (Wildman–Crippen MR) is 64.2 cm³/mol. The van der Waals surface area contributed by atoms with Crippen molar-refractivity contribution < 1.29 is 23.8 Å². The van der Waals surface area contributed by atoms with E-state index in [2.05, 4.69) is 5.32 Å². The number of nitrogens with one attached hydrogen (secondary N) is 1. The van der Waals surface area contributed by atoms with E-state index in [1.54, 1.807) is 20.8 Å². The lowest BCUT2D eigenvalue weighted by atomic mass is 9.91. The fourth-order valence-electron chi connectivity index (χ4n) is 1.78. The Morgan fingerprint density at radius 3 is 2.50 bits per heavy atom. The van der Waals surface area contributed by atoms with Crippen molar-refractivity contribution in [2.75, 3.05) is 19.8 Å². The zero-order valence-corrected chi connectivity index (χ0v) is 11.2. The molecular formula is C12H21NO5. The molecule has 1 aliphatic heterocycles.